The molecule has 0 heterocycles. The van der Waals surface area contributed by atoms with Crippen LogP contribution < -0.4 is 0 Å². The number of hydrogen-bond acceptors (Lipinski definition) is 2. The molecule has 3 rings (SSSR count). The van der Waals surface area contributed by atoms with E-state index in [-0.39, 0.29) is 18.1 Å². The molecular weight excluding hydrogens is 308 g/mol. The molecule has 2 unspecified atom stereocenters. The van der Waals surface area contributed by atoms with E-state index in [1.807, 2.05) is 42.5 Å². The highest BCUT2D eigenvalue weighted by molar-refractivity contribution is 5.32. The number of methoxy groups -OCH3 is 2. The van der Waals surface area contributed by atoms with Crippen LogP contribution in [0.5, 0.6) is 0 Å². The lowest BCUT2D eigenvalue weighted by molar-refractivity contribution is -0.00275. The van der Waals surface area contributed by atoms with Crippen LogP contribution in [0.3, 0.4) is 0 Å². The van der Waals surface area contributed by atoms with Gasteiger partial charge in [-0.25, -0.2) is 0 Å². The molecule has 0 aliphatic carbocycles. The van der Waals surface area contributed by atoms with Crippen LogP contribution in [0.1, 0.15) is 34.8 Å². The van der Waals surface area contributed by atoms with Crippen LogP contribution >= 0.6 is 0 Å². The number of hydrogen-bond donors (Lipinski definition) is 0. The smallest absolute Gasteiger partial charge is 0.0918 e. The van der Waals surface area contributed by atoms with Gasteiger partial charge >= 0.3 is 0 Å². The third kappa shape index (κ3) is 3.98. The van der Waals surface area contributed by atoms with Crippen molar-refractivity contribution in [2.24, 2.45) is 0 Å². The normalized spacial score (nSPS) is 14.6. The lowest BCUT2D eigenvalue weighted by atomic mass is 9.82. The van der Waals surface area contributed by atoms with E-state index in [9.17, 15) is 0 Å². The van der Waals surface area contributed by atoms with Crippen molar-refractivity contribution in [3.05, 3.63) is 108 Å². The SMILES string of the molecule is COC(c1ccccc1)C(c1ccccc1)C(OC)c1ccccc1. The summed E-state index contributed by atoms with van der Waals surface area (Å²) in [6, 6.07) is 31.2. The summed E-state index contributed by atoms with van der Waals surface area (Å²) in [6.07, 6.45) is -0.206. The molecule has 0 spiro atoms. The van der Waals surface area contributed by atoms with Crippen molar-refractivity contribution in [3.8, 4) is 0 Å². The zero-order valence-electron chi connectivity index (χ0n) is 14.7. The molecular formula is C23H24O2. The monoisotopic (exact) mass is 332 g/mol. The van der Waals surface area contributed by atoms with Crippen molar-refractivity contribution >= 4 is 0 Å². The van der Waals surface area contributed by atoms with E-state index < -0.39 is 0 Å². The molecule has 3 aromatic carbocycles. The zero-order valence-corrected chi connectivity index (χ0v) is 14.7. The highest BCUT2D eigenvalue weighted by Crippen LogP contribution is 2.44. The second kappa shape index (κ2) is 8.61. The standard InChI is InChI=1S/C23H24O2/c1-24-22(19-14-8-4-9-15-19)21(18-12-6-3-7-13-18)23(25-2)20-16-10-5-11-17-20/h3-17,21-23H,1-2H3. The summed E-state index contributed by atoms with van der Waals surface area (Å²) in [5, 5.41) is 0. The van der Waals surface area contributed by atoms with E-state index >= 15 is 0 Å². The van der Waals surface area contributed by atoms with Gasteiger partial charge in [0.1, 0.15) is 0 Å². The van der Waals surface area contributed by atoms with Crippen LogP contribution in [0.15, 0.2) is 91.0 Å². The van der Waals surface area contributed by atoms with Gasteiger partial charge in [-0.3, -0.25) is 0 Å². The summed E-state index contributed by atoms with van der Waals surface area (Å²) in [5.41, 5.74) is 3.50. The first kappa shape index (κ1) is 17.4. The molecule has 0 bridgehead atoms. The van der Waals surface area contributed by atoms with Crippen LogP contribution in [0.4, 0.5) is 0 Å². The average molecular weight is 332 g/mol. The van der Waals surface area contributed by atoms with Gasteiger partial charge < -0.3 is 9.47 Å². The molecule has 3 aromatic rings. The van der Waals surface area contributed by atoms with Gasteiger partial charge in [-0.05, 0) is 16.7 Å². The van der Waals surface area contributed by atoms with Gasteiger partial charge in [-0.15, -0.1) is 0 Å². The summed E-state index contributed by atoms with van der Waals surface area (Å²) in [6.45, 7) is 0. The van der Waals surface area contributed by atoms with Crippen LogP contribution in [0, 0.1) is 0 Å². The minimum atomic E-state index is -0.103. The summed E-state index contributed by atoms with van der Waals surface area (Å²) < 4.78 is 12.0. The maximum absolute atomic E-state index is 5.98. The minimum Gasteiger partial charge on any atom is -0.376 e. The fraction of sp³-hybridized carbons (Fsp3) is 0.217. The Hall–Kier alpha value is -2.42. The zero-order chi connectivity index (χ0) is 17.5. The lowest BCUT2D eigenvalue weighted by Gasteiger charge is -2.33. The van der Waals surface area contributed by atoms with E-state index in [2.05, 4.69) is 48.5 Å². The van der Waals surface area contributed by atoms with Crippen LogP contribution in [-0.2, 0) is 9.47 Å². The van der Waals surface area contributed by atoms with Gasteiger partial charge in [0.05, 0.1) is 12.2 Å². The van der Waals surface area contributed by atoms with Crippen LogP contribution in [0.25, 0.3) is 0 Å². The molecule has 0 saturated carbocycles. The molecule has 0 fully saturated rings. The Morgan fingerprint density at radius 2 is 0.800 bits per heavy atom. The van der Waals surface area contributed by atoms with Gasteiger partial charge in [0, 0.05) is 20.1 Å². The minimum absolute atomic E-state index is 0.0426. The van der Waals surface area contributed by atoms with Gasteiger partial charge in [-0.1, -0.05) is 91.0 Å². The Kier molecular flexibility index (Phi) is 5.99. The first-order valence-corrected chi connectivity index (χ1v) is 8.55. The summed E-state index contributed by atoms with van der Waals surface area (Å²) in [5.74, 6) is 0.0426. The van der Waals surface area contributed by atoms with E-state index in [1.165, 1.54) is 5.56 Å². The van der Waals surface area contributed by atoms with Crippen molar-refractivity contribution in [2.45, 2.75) is 18.1 Å². The number of benzene rings is 3. The number of rotatable bonds is 7. The molecule has 0 saturated heterocycles. The van der Waals surface area contributed by atoms with Crippen molar-refractivity contribution in [1.29, 1.82) is 0 Å². The third-order valence-corrected chi connectivity index (χ3v) is 4.60. The van der Waals surface area contributed by atoms with Gasteiger partial charge in [-0.2, -0.15) is 0 Å². The highest BCUT2D eigenvalue weighted by atomic mass is 16.5. The van der Waals surface area contributed by atoms with Gasteiger partial charge in [0.25, 0.3) is 0 Å². The molecule has 2 nitrogen and oxygen atoms in total. The maximum atomic E-state index is 5.98. The Labute approximate surface area is 150 Å². The highest BCUT2D eigenvalue weighted by Gasteiger charge is 2.33. The Bertz CT molecular complexity index is 693. The largest absolute Gasteiger partial charge is 0.376 e. The predicted octanol–water partition coefficient (Wildman–Crippen LogP) is 5.55. The summed E-state index contributed by atoms with van der Waals surface area (Å²) in [4.78, 5) is 0. The Morgan fingerprint density at radius 1 is 0.480 bits per heavy atom. The fourth-order valence-electron chi connectivity index (χ4n) is 3.45. The van der Waals surface area contributed by atoms with Crippen LogP contribution in [0.2, 0.25) is 0 Å². The van der Waals surface area contributed by atoms with Crippen molar-refractivity contribution < 1.29 is 9.47 Å². The topological polar surface area (TPSA) is 18.5 Å². The second-order valence-corrected chi connectivity index (χ2v) is 6.07. The van der Waals surface area contributed by atoms with E-state index in [1.54, 1.807) is 14.2 Å². The quantitative estimate of drug-likeness (QED) is 0.565. The van der Waals surface area contributed by atoms with E-state index in [4.69, 9.17) is 9.47 Å². The molecule has 0 aliphatic rings. The average Bonchev–Trinajstić information content (AvgIpc) is 2.70. The molecule has 0 radical (unpaired) electrons. The molecule has 0 aliphatic heterocycles. The van der Waals surface area contributed by atoms with Crippen molar-refractivity contribution in [2.75, 3.05) is 14.2 Å². The molecule has 25 heavy (non-hydrogen) atoms. The molecule has 0 aromatic heterocycles. The fourth-order valence-corrected chi connectivity index (χ4v) is 3.45. The summed E-state index contributed by atoms with van der Waals surface area (Å²) in [7, 11) is 3.54. The first-order valence-electron chi connectivity index (χ1n) is 8.55. The van der Waals surface area contributed by atoms with Gasteiger partial charge in [0.15, 0.2) is 0 Å². The molecule has 2 atom stereocenters. The summed E-state index contributed by atoms with van der Waals surface area (Å²) >= 11 is 0. The van der Waals surface area contributed by atoms with Crippen LogP contribution in [-0.4, -0.2) is 14.2 Å². The van der Waals surface area contributed by atoms with Crippen molar-refractivity contribution in [3.63, 3.8) is 0 Å². The maximum Gasteiger partial charge on any atom is 0.0918 e. The van der Waals surface area contributed by atoms with Gasteiger partial charge in [0.2, 0.25) is 0 Å². The Balaban J connectivity index is 2.09. The van der Waals surface area contributed by atoms with E-state index in [0.29, 0.717) is 0 Å². The second-order valence-electron chi connectivity index (χ2n) is 6.07. The third-order valence-electron chi connectivity index (χ3n) is 4.60. The molecule has 2 heteroatoms. The van der Waals surface area contributed by atoms with E-state index in [0.717, 1.165) is 11.1 Å². The number of ether oxygens (including phenoxy) is 2. The predicted molar refractivity (Wildman–Crippen MR) is 102 cm³/mol. The van der Waals surface area contributed by atoms with Crippen molar-refractivity contribution in [1.82, 2.24) is 0 Å². The molecule has 128 valence electrons. The molecule has 0 amide bonds. The Morgan fingerprint density at radius 3 is 1.12 bits per heavy atom. The lowest BCUT2D eigenvalue weighted by Crippen LogP contribution is -2.22. The molecule has 0 N–H and O–H groups in total. The first-order chi connectivity index (χ1) is 12.3.